The fourth-order valence-corrected chi connectivity index (χ4v) is 1.24. The Morgan fingerprint density at radius 1 is 1.50 bits per heavy atom. The normalized spacial score (nSPS) is 15.9. The predicted octanol–water partition coefficient (Wildman–Crippen LogP) is 2.57. The number of hydrogen-bond donors (Lipinski definition) is 0. The smallest absolute Gasteiger partial charge is 0.156 e. The van der Waals surface area contributed by atoms with Crippen LogP contribution in [-0.4, -0.2) is 5.78 Å². The average molecular weight is 160 g/mol. The van der Waals surface area contributed by atoms with E-state index in [1.807, 2.05) is 6.08 Å². The average Bonchev–Trinajstić information content (AvgIpc) is 2.46. The van der Waals surface area contributed by atoms with E-state index in [0.717, 1.165) is 16.7 Å². The van der Waals surface area contributed by atoms with E-state index in [-0.39, 0.29) is 5.78 Å². The third-order valence-electron chi connectivity index (χ3n) is 2.00. The molecular weight excluding hydrogens is 148 g/mol. The Bertz CT molecular complexity index is 303. The summed E-state index contributed by atoms with van der Waals surface area (Å²) in [6, 6.07) is 0. The molecule has 1 aliphatic rings. The summed E-state index contributed by atoms with van der Waals surface area (Å²) in [5.74, 6) is 0.131. The van der Waals surface area contributed by atoms with Gasteiger partial charge in [-0.1, -0.05) is 25.3 Å². The van der Waals surface area contributed by atoms with Crippen molar-refractivity contribution in [2.24, 2.45) is 0 Å². The van der Waals surface area contributed by atoms with Gasteiger partial charge in [-0.15, -0.1) is 0 Å². The van der Waals surface area contributed by atoms with Gasteiger partial charge >= 0.3 is 0 Å². The predicted molar refractivity (Wildman–Crippen MR) is 50.8 cm³/mol. The van der Waals surface area contributed by atoms with Gasteiger partial charge in [0, 0.05) is 6.42 Å². The van der Waals surface area contributed by atoms with Crippen molar-refractivity contribution in [3.05, 3.63) is 48.1 Å². The van der Waals surface area contributed by atoms with Crippen LogP contribution >= 0.6 is 0 Å². The Hall–Kier alpha value is -1.37. The van der Waals surface area contributed by atoms with Crippen LogP contribution in [0, 0.1) is 0 Å². The molecule has 12 heavy (non-hydrogen) atoms. The molecule has 1 heteroatoms. The van der Waals surface area contributed by atoms with Gasteiger partial charge in [0.15, 0.2) is 5.78 Å². The van der Waals surface area contributed by atoms with Crippen molar-refractivity contribution in [2.75, 3.05) is 0 Å². The second kappa shape index (κ2) is 3.35. The number of ketones is 1. The number of allylic oxidation sites excluding steroid dienone is 6. The summed E-state index contributed by atoms with van der Waals surface area (Å²) in [4.78, 5) is 11.0. The third kappa shape index (κ3) is 1.45. The summed E-state index contributed by atoms with van der Waals surface area (Å²) < 4.78 is 0. The molecular formula is C11H12O. The Labute approximate surface area is 72.8 Å². The summed E-state index contributed by atoms with van der Waals surface area (Å²) in [7, 11) is 0. The highest BCUT2D eigenvalue weighted by molar-refractivity contribution is 5.95. The summed E-state index contributed by atoms with van der Waals surface area (Å²) >= 11 is 0. The molecule has 0 unspecified atom stereocenters. The Morgan fingerprint density at radius 3 is 2.50 bits per heavy atom. The summed E-state index contributed by atoms with van der Waals surface area (Å²) in [6.45, 7) is 8.94. The maximum absolute atomic E-state index is 11.0. The maximum Gasteiger partial charge on any atom is 0.156 e. The molecule has 0 aromatic carbocycles. The molecule has 1 rings (SSSR count). The number of carbonyl (C=O) groups is 1. The van der Waals surface area contributed by atoms with Crippen molar-refractivity contribution in [2.45, 2.75) is 13.3 Å². The SMILES string of the molecule is C=CC1=C(C=C)CC(C(C)=O)=C1. The van der Waals surface area contributed by atoms with E-state index >= 15 is 0 Å². The highest BCUT2D eigenvalue weighted by Crippen LogP contribution is 2.26. The fraction of sp³-hybridized carbons (Fsp3) is 0.182. The molecule has 0 aromatic rings. The standard InChI is InChI=1S/C11H12O/c1-4-9-6-11(8(3)12)7-10(9)5-2/h4-6H,1-2,7H2,3H3. The highest BCUT2D eigenvalue weighted by atomic mass is 16.1. The quantitative estimate of drug-likeness (QED) is 0.620. The zero-order valence-corrected chi connectivity index (χ0v) is 7.26. The van der Waals surface area contributed by atoms with Crippen LogP contribution in [0.3, 0.4) is 0 Å². The van der Waals surface area contributed by atoms with Gasteiger partial charge in [-0.2, -0.15) is 0 Å². The van der Waals surface area contributed by atoms with Gasteiger partial charge in [-0.25, -0.2) is 0 Å². The molecule has 0 saturated heterocycles. The molecule has 0 aromatic heterocycles. The lowest BCUT2D eigenvalue weighted by Crippen LogP contribution is -1.92. The molecule has 0 radical (unpaired) electrons. The second-order valence-electron chi connectivity index (χ2n) is 2.79. The van der Waals surface area contributed by atoms with E-state index in [9.17, 15) is 4.79 Å². The molecule has 0 atom stereocenters. The molecule has 0 fully saturated rings. The number of carbonyl (C=O) groups excluding carboxylic acids is 1. The second-order valence-corrected chi connectivity index (χ2v) is 2.79. The van der Waals surface area contributed by atoms with E-state index in [0.29, 0.717) is 6.42 Å². The van der Waals surface area contributed by atoms with Crippen LogP contribution in [0.25, 0.3) is 0 Å². The van der Waals surface area contributed by atoms with Crippen LogP contribution in [-0.2, 0) is 4.79 Å². The first kappa shape index (κ1) is 8.72. The largest absolute Gasteiger partial charge is 0.295 e. The molecule has 0 bridgehead atoms. The minimum Gasteiger partial charge on any atom is -0.295 e. The van der Waals surface area contributed by atoms with Crippen LogP contribution in [0.4, 0.5) is 0 Å². The van der Waals surface area contributed by atoms with Crippen LogP contribution in [0.2, 0.25) is 0 Å². The molecule has 0 N–H and O–H groups in total. The van der Waals surface area contributed by atoms with E-state index in [1.54, 1.807) is 19.1 Å². The first-order chi connectivity index (χ1) is 5.69. The molecule has 0 spiro atoms. The van der Waals surface area contributed by atoms with Crippen molar-refractivity contribution in [3.63, 3.8) is 0 Å². The lowest BCUT2D eigenvalue weighted by Gasteiger charge is -1.95. The lowest BCUT2D eigenvalue weighted by molar-refractivity contribution is -0.113. The Balaban J connectivity index is 2.94. The van der Waals surface area contributed by atoms with Crippen molar-refractivity contribution >= 4 is 5.78 Å². The molecule has 0 amide bonds. The summed E-state index contributed by atoms with van der Waals surface area (Å²) in [5, 5.41) is 0. The zero-order chi connectivity index (χ0) is 9.14. The van der Waals surface area contributed by atoms with E-state index in [1.165, 1.54) is 0 Å². The number of rotatable bonds is 3. The van der Waals surface area contributed by atoms with Gasteiger partial charge in [0.1, 0.15) is 0 Å². The Morgan fingerprint density at radius 2 is 2.17 bits per heavy atom. The molecule has 62 valence electrons. The lowest BCUT2D eigenvalue weighted by atomic mass is 10.1. The van der Waals surface area contributed by atoms with Gasteiger partial charge in [0.2, 0.25) is 0 Å². The minimum absolute atomic E-state index is 0.131. The van der Waals surface area contributed by atoms with Crippen molar-refractivity contribution in [1.29, 1.82) is 0 Å². The monoisotopic (exact) mass is 160 g/mol. The molecule has 0 heterocycles. The van der Waals surface area contributed by atoms with E-state index < -0.39 is 0 Å². The van der Waals surface area contributed by atoms with Crippen LogP contribution in [0.1, 0.15) is 13.3 Å². The van der Waals surface area contributed by atoms with Crippen LogP contribution in [0.5, 0.6) is 0 Å². The van der Waals surface area contributed by atoms with Crippen molar-refractivity contribution in [3.8, 4) is 0 Å². The highest BCUT2D eigenvalue weighted by Gasteiger charge is 2.14. The van der Waals surface area contributed by atoms with Crippen molar-refractivity contribution < 1.29 is 4.79 Å². The van der Waals surface area contributed by atoms with Crippen LogP contribution in [0.15, 0.2) is 48.1 Å². The molecule has 1 nitrogen and oxygen atoms in total. The third-order valence-corrected chi connectivity index (χ3v) is 2.00. The first-order valence-electron chi connectivity index (χ1n) is 3.88. The number of hydrogen-bond acceptors (Lipinski definition) is 1. The topological polar surface area (TPSA) is 17.1 Å². The van der Waals surface area contributed by atoms with Crippen LogP contribution < -0.4 is 0 Å². The van der Waals surface area contributed by atoms with E-state index in [4.69, 9.17) is 0 Å². The zero-order valence-electron chi connectivity index (χ0n) is 7.26. The fourth-order valence-electron chi connectivity index (χ4n) is 1.24. The van der Waals surface area contributed by atoms with Gasteiger partial charge in [-0.05, 0) is 29.7 Å². The molecule has 0 saturated carbocycles. The minimum atomic E-state index is 0.131. The van der Waals surface area contributed by atoms with Gasteiger partial charge in [-0.3, -0.25) is 4.79 Å². The Kier molecular flexibility index (Phi) is 2.44. The van der Waals surface area contributed by atoms with E-state index in [2.05, 4.69) is 13.2 Å². The number of Topliss-reactive ketones (excluding diaryl/α,β-unsaturated/α-hetero) is 1. The molecule has 0 aliphatic heterocycles. The van der Waals surface area contributed by atoms with Crippen molar-refractivity contribution in [1.82, 2.24) is 0 Å². The summed E-state index contributed by atoms with van der Waals surface area (Å²) in [5.41, 5.74) is 2.96. The summed E-state index contributed by atoms with van der Waals surface area (Å²) in [6.07, 6.45) is 6.13. The van der Waals surface area contributed by atoms with Gasteiger partial charge in [0.25, 0.3) is 0 Å². The molecule has 1 aliphatic carbocycles. The van der Waals surface area contributed by atoms with Gasteiger partial charge in [0.05, 0.1) is 0 Å². The maximum atomic E-state index is 11.0. The van der Waals surface area contributed by atoms with Gasteiger partial charge < -0.3 is 0 Å². The first-order valence-corrected chi connectivity index (χ1v) is 3.88.